The number of hydrogen-bond donors (Lipinski definition) is 1. The van der Waals surface area contributed by atoms with Crippen molar-refractivity contribution in [3.05, 3.63) is 29.8 Å². The van der Waals surface area contributed by atoms with Crippen LogP contribution in [0.15, 0.2) is 24.3 Å². The first-order valence-electron chi connectivity index (χ1n) is 6.70. The molecule has 102 valence electrons. The fraction of sp³-hybridized carbons (Fsp3) is 0.467. The molecule has 1 aromatic rings. The van der Waals surface area contributed by atoms with Crippen LogP contribution < -0.4 is 10.6 Å². The van der Waals surface area contributed by atoms with Crippen molar-refractivity contribution >= 4 is 28.8 Å². The Bertz CT molecular complexity index is 509. The van der Waals surface area contributed by atoms with E-state index in [1.165, 1.54) is 0 Å². The molecule has 0 spiro atoms. The molecule has 0 aromatic heterocycles. The lowest BCUT2D eigenvalue weighted by Gasteiger charge is -2.42. The van der Waals surface area contributed by atoms with E-state index in [-0.39, 0.29) is 5.91 Å². The zero-order valence-corrected chi connectivity index (χ0v) is 12.3. The van der Waals surface area contributed by atoms with Gasteiger partial charge in [0, 0.05) is 12.2 Å². The van der Waals surface area contributed by atoms with Crippen molar-refractivity contribution in [3.8, 4) is 0 Å². The topological polar surface area (TPSA) is 46.3 Å². The first kappa shape index (κ1) is 14.0. The van der Waals surface area contributed by atoms with Crippen LogP contribution in [0.5, 0.6) is 0 Å². The minimum atomic E-state index is -0.602. The molecule has 19 heavy (non-hydrogen) atoms. The second-order valence-electron chi connectivity index (χ2n) is 5.19. The fourth-order valence-electron chi connectivity index (χ4n) is 2.59. The van der Waals surface area contributed by atoms with Gasteiger partial charge in [0.15, 0.2) is 0 Å². The zero-order chi connectivity index (χ0) is 14.0. The van der Waals surface area contributed by atoms with Crippen LogP contribution >= 0.6 is 12.2 Å². The maximum Gasteiger partial charge on any atom is 0.240 e. The van der Waals surface area contributed by atoms with Crippen LogP contribution in [-0.2, 0) is 4.79 Å². The summed E-state index contributed by atoms with van der Waals surface area (Å²) in [5.41, 5.74) is 7.28. The fourth-order valence-corrected chi connectivity index (χ4v) is 2.89. The van der Waals surface area contributed by atoms with Gasteiger partial charge in [0.05, 0.1) is 10.4 Å². The Morgan fingerprint density at radius 1 is 1.47 bits per heavy atom. The number of rotatable bonds is 4. The van der Waals surface area contributed by atoms with E-state index in [0.29, 0.717) is 11.5 Å². The number of aryl methyl sites for hydroxylation is 1. The number of nitrogens with two attached hydrogens (primary N) is 1. The number of thiocarbonyl (C=S) groups is 1. The largest absolute Gasteiger partial charge is 0.392 e. The third-order valence-corrected chi connectivity index (χ3v) is 4.35. The Morgan fingerprint density at radius 3 is 2.58 bits per heavy atom. The van der Waals surface area contributed by atoms with E-state index >= 15 is 0 Å². The van der Waals surface area contributed by atoms with Crippen LogP contribution in [0.1, 0.15) is 31.7 Å². The quantitative estimate of drug-likeness (QED) is 0.860. The SMILES string of the molecule is CCN(C(=O)C1(C(N)=S)CCC1)c1cccc(C)c1. The van der Waals surface area contributed by atoms with Gasteiger partial charge in [-0.15, -0.1) is 0 Å². The van der Waals surface area contributed by atoms with Gasteiger partial charge in [-0.05, 0) is 44.4 Å². The Hall–Kier alpha value is -1.42. The summed E-state index contributed by atoms with van der Waals surface area (Å²) in [6.45, 7) is 4.63. The summed E-state index contributed by atoms with van der Waals surface area (Å²) in [5, 5.41) is 0. The lowest BCUT2D eigenvalue weighted by atomic mass is 9.67. The van der Waals surface area contributed by atoms with Crippen LogP contribution in [0.2, 0.25) is 0 Å². The van der Waals surface area contributed by atoms with Crippen molar-refractivity contribution in [2.75, 3.05) is 11.4 Å². The molecule has 1 aromatic carbocycles. The third-order valence-electron chi connectivity index (χ3n) is 3.96. The van der Waals surface area contributed by atoms with E-state index in [2.05, 4.69) is 0 Å². The Balaban J connectivity index is 2.32. The van der Waals surface area contributed by atoms with Crippen LogP contribution in [0, 0.1) is 12.3 Å². The average molecular weight is 276 g/mol. The summed E-state index contributed by atoms with van der Waals surface area (Å²) in [6.07, 6.45) is 2.58. The van der Waals surface area contributed by atoms with Gasteiger partial charge in [-0.2, -0.15) is 0 Å². The maximum atomic E-state index is 12.8. The number of carbonyl (C=O) groups is 1. The minimum absolute atomic E-state index is 0.0550. The highest BCUT2D eigenvalue weighted by molar-refractivity contribution is 7.80. The van der Waals surface area contributed by atoms with E-state index in [1.54, 1.807) is 4.90 Å². The Morgan fingerprint density at radius 2 is 2.16 bits per heavy atom. The molecule has 1 amide bonds. The number of benzene rings is 1. The first-order valence-corrected chi connectivity index (χ1v) is 7.10. The van der Waals surface area contributed by atoms with Crippen molar-refractivity contribution in [1.29, 1.82) is 0 Å². The van der Waals surface area contributed by atoms with E-state index in [0.717, 1.165) is 30.5 Å². The molecule has 1 fully saturated rings. The van der Waals surface area contributed by atoms with Crippen molar-refractivity contribution in [1.82, 2.24) is 0 Å². The molecule has 4 heteroatoms. The molecular weight excluding hydrogens is 256 g/mol. The molecule has 0 saturated heterocycles. The first-order chi connectivity index (χ1) is 9.01. The second-order valence-corrected chi connectivity index (χ2v) is 5.63. The highest BCUT2D eigenvalue weighted by atomic mass is 32.1. The molecule has 1 aliphatic rings. The molecular formula is C15H20N2OS. The Labute approximate surface area is 119 Å². The van der Waals surface area contributed by atoms with Gasteiger partial charge in [-0.25, -0.2) is 0 Å². The summed E-state index contributed by atoms with van der Waals surface area (Å²) in [7, 11) is 0. The second kappa shape index (κ2) is 5.29. The van der Waals surface area contributed by atoms with Crippen LogP contribution in [0.4, 0.5) is 5.69 Å². The molecule has 0 atom stereocenters. The van der Waals surface area contributed by atoms with E-state index < -0.39 is 5.41 Å². The molecule has 0 aliphatic heterocycles. The van der Waals surface area contributed by atoms with Gasteiger partial charge < -0.3 is 10.6 Å². The summed E-state index contributed by atoms with van der Waals surface area (Å²) in [6, 6.07) is 7.97. The van der Waals surface area contributed by atoms with E-state index in [9.17, 15) is 4.79 Å². The number of nitrogens with zero attached hydrogens (tertiary/aromatic N) is 1. The molecule has 2 rings (SSSR count). The molecule has 0 heterocycles. The summed E-state index contributed by atoms with van der Waals surface area (Å²) < 4.78 is 0. The normalized spacial score (nSPS) is 16.5. The molecule has 2 N–H and O–H groups in total. The van der Waals surface area contributed by atoms with Crippen molar-refractivity contribution in [2.24, 2.45) is 11.1 Å². The predicted octanol–water partition coefficient (Wildman–Crippen LogP) is 2.80. The average Bonchev–Trinajstić information content (AvgIpc) is 2.27. The molecule has 0 bridgehead atoms. The van der Waals surface area contributed by atoms with Crippen molar-refractivity contribution in [3.63, 3.8) is 0 Å². The molecule has 0 unspecified atom stereocenters. The number of carbonyl (C=O) groups excluding carboxylic acids is 1. The van der Waals surface area contributed by atoms with Crippen LogP contribution in [0.3, 0.4) is 0 Å². The summed E-state index contributed by atoms with van der Waals surface area (Å²) in [4.78, 5) is 14.9. The highest BCUT2D eigenvalue weighted by Crippen LogP contribution is 2.43. The molecule has 3 nitrogen and oxygen atoms in total. The summed E-state index contributed by atoms with van der Waals surface area (Å²) >= 11 is 5.13. The van der Waals surface area contributed by atoms with Gasteiger partial charge in [0.2, 0.25) is 5.91 Å². The van der Waals surface area contributed by atoms with Gasteiger partial charge >= 0.3 is 0 Å². The van der Waals surface area contributed by atoms with E-state index in [1.807, 2.05) is 38.1 Å². The third kappa shape index (κ3) is 2.37. The minimum Gasteiger partial charge on any atom is -0.392 e. The van der Waals surface area contributed by atoms with Crippen LogP contribution in [0.25, 0.3) is 0 Å². The van der Waals surface area contributed by atoms with Gasteiger partial charge in [0.25, 0.3) is 0 Å². The maximum absolute atomic E-state index is 12.8. The molecule has 1 aliphatic carbocycles. The highest BCUT2D eigenvalue weighted by Gasteiger charge is 2.48. The van der Waals surface area contributed by atoms with Crippen molar-refractivity contribution < 1.29 is 4.79 Å². The van der Waals surface area contributed by atoms with Crippen molar-refractivity contribution in [2.45, 2.75) is 33.1 Å². The number of anilines is 1. The molecule has 1 saturated carbocycles. The monoisotopic (exact) mass is 276 g/mol. The number of amides is 1. The lowest BCUT2D eigenvalue weighted by molar-refractivity contribution is -0.128. The van der Waals surface area contributed by atoms with Gasteiger partial charge in [-0.3, -0.25) is 4.79 Å². The smallest absolute Gasteiger partial charge is 0.240 e. The number of hydrogen-bond acceptors (Lipinski definition) is 2. The predicted molar refractivity (Wildman–Crippen MR) is 82.3 cm³/mol. The lowest BCUT2D eigenvalue weighted by Crippen LogP contribution is -2.54. The zero-order valence-electron chi connectivity index (χ0n) is 11.5. The van der Waals surface area contributed by atoms with Gasteiger partial charge in [0.1, 0.15) is 0 Å². The van der Waals surface area contributed by atoms with Crippen LogP contribution in [-0.4, -0.2) is 17.4 Å². The summed E-state index contributed by atoms with van der Waals surface area (Å²) in [5.74, 6) is 0.0550. The Kier molecular flexibility index (Phi) is 3.90. The van der Waals surface area contributed by atoms with Gasteiger partial charge in [-0.1, -0.05) is 30.8 Å². The standard InChI is InChI=1S/C15H20N2OS/c1-3-17(12-7-4-6-11(2)10-12)14(18)15(13(16)19)8-5-9-15/h4,6-7,10H,3,5,8-9H2,1-2H3,(H2,16,19). The molecule has 0 radical (unpaired) electrons. The van der Waals surface area contributed by atoms with E-state index in [4.69, 9.17) is 18.0 Å².